The maximum atomic E-state index is 11.7. The first-order valence-corrected chi connectivity index (χ1v) is 10.9. The number of nitro groups is 1. The minimum Gasteiger partial charge on any atom is -0.493 e. The summed E-state index contributed by atoms with van der Waals surface area (Å²) in [6.07, 6.45) is 0. The number of ketones is 1. The molecule has 1 heterocycles. The monoisotopic (exact) mass is 476 g/mol. The number of hydrogen-bond acceptors (Lipinski definition) is 8. The number of nitro benzene ring substituents is 1. The fraction of sp³-hybridized carbons (Fsp3) is 0.125. The number of hydrogen-bond donors (Lipinski definition) is 0. The first-order chi connectivity index (χ1) is 16.4. The zero-order chi connectivity index (χ0) is 24.2. The Morgan fingerprint density at radius 3 is 2.35 bits per heavy atom. The smallest absolute Gasteiger partial charge is 0.284 e. The molecule has 0 atom stereocenters. The largest absolute Gasteiger partial charge is 0.493 e. The Kier molecular flexibility index (Phi) is 6.60. The van der Waals surface area contributed by atoms with E-state index in [4.69, 9.17) is 9.47 Å². The summed E-state index contributed by atoms with van der Waals surface area (Å²) in [6.45, 7) is 1.37. The van der Waals surface area contributed by atoms with E-state index < -0.39 is 4.92 Å². The van der Waals surface area contributed by atoms with Crippen LogP contribution < -0.4 is 9.47 Å². The van der Waals surface area contributed by atoms with Crippen molar-refractivity contribution in [1.29, 1.82) is 0 Å². The predicted molar refractivity (Wildman–Crippen MR) is 127 cm³/mol. The second-order valence-corrected chi connectivity index (χ2v) is 8.15. The lowest BCUT2D eigenvalue weighted by molar-refractivity contribution is -0.387. The first kappa shape index (κ1) is 23.0. The number of aromatic nitrogens is 3. The Hall–Kier alpha value is -4.18. The van der Waals surface area contributed by atoms with Crippen LogP contribution in [-0.2, 0) is 0 Å². The highest BCUT2D eigenvalue weighted by Gasteiger charge is 2.23. The van der Waals surface area contributed by atoms with E-state index in [-0.39, 0.29) is 17.0 Å². The number of carbonyl (C=O) groups is 1. The van der Waals surface area contributed by atoms with Crippen LogP contribution in [0.1, 0.15) is 17.3 Å². The number of benzene rings is 3. The lowest BCUT2D eigenvalue weighted by Crippen LogP contribution is -2.01. The van der Waals surface area contributed by atoms with E-state index in [1.807, 2.05) is 41.0 Å². The Morgan fingerprint density at radius 1 is 0.971 bits per heavy atom. The van der Waals surface area contributed by atoms with Crippen LogP contribution in [0.4, 0.5) is 5.69 Å². The average Bonchev–Trinajstić information content (AvgIpc) is 3.27. The third-order valence-corrected chi connectivity index (χ3v) is 6.06. The minimum atomic E-state index is -0.507. The Bertz CT molecular complexity index is 1370. The first-order valence-electron chi connectivity index (χ1n) is 10.1. The summed E-state index contributed by atoms with van der Waals surface area (Å²) in [5, 5.41) is 20.9. The molecule has 172 valence electrons. The lowest BCUT2D eigenvalue weighted by atomic mass is 10.1. The van der Waals surface area contributed by atoms with Crippen LogP contribution in [0, 0.1) is 10.1 Å². The number of nitrogens with zero attached hydrogens (tertiary/aromatic N) is 4. The number of carbonyl (C=O) groups excluding carboxylic acids is 1. The fourth-order valence-electron chi connectivity index (χ4n) is 3.37. The molecule has 9 nitrogen and oxygen atoms in total. The average molecular weight is 477 g/mol. The van der Waals surface area contributed by atoms with Gasteiger partial charge in [-0.15, -0.1) is 10.2 Å². The molecule has 10 heteroatoms. The van der Waals surface area contributed by atoms with E-state index in [9.17, 15) is 14.9 Å². The van der Waals surface area contributed by atoms with Crippen LogP contribution in [0.15, 0.2) is 76.8 Å². The van der Waals surface area contributed by atoms with Gasteiger partial charge in [-0.1, -0.05) is 18.2 Å². The molecule has 0 saturated carbocycles. The highest BCUT2D eigenvalue weighted by Crippen LogP contribution is 2.38. The molecule has 3 aromatic carbocycles. The maximum Gasteiger partial charge on any atom is 0.284 e. The Labute approximate surface area is 199 Å². The second kappa shape index (κ2) is 9.75. The van der Waals surface area contributed by atoms with Gasteiger partial charge in [-0.3, -0.25) is 19.5 Å². The van der Waals surface area contributed by atoms with E-state index in [1.165, 1.54) is 13.0 Å². The minimum absolute atomic E-state index is 0.173. The Morgan fingerprint density at radius 2 is 1.71 bits per heavy atom. The number of ether oxygens (including phenoxy) is 2. The third kappa shape index (κ3) is 4.48. The van der Waals surface area contributed by atoms with Crippen molar-refractivity contribution in [2.75, 3.05) is 14.2 Å². The summed E-state index contributed by atoms with van der Waals surface area (Å²) >= 11 is 1.10. The molecule has 0 fully saturated rings. The molecule has 0 spiro atoms. The van der Waals surface area contributed by atoms with Gasteiger partial charge in [-0.25, -0.2) is 0 Å². The van der Waals surface area contributed by atoms with Gasteiger partial charge >= 0.3 is 0 Å². The molecule has 0 bridgehead atoms. The van der Waals surface area contributed by atoms with Crippen molar-refractivity contribution < 1.29 is 19.2 Å². The fourth-order valence-corrected chi connectivity index (χ4v) is 4.31. The van der Waals surface area contributed by atoms with Gasteiger partial charge in [0.1, 0.15) is 0 Å². The molecule has 0 amide bonds. The zero-order valence-corrected chi connectivity index (χ0v) is 19.4. The van der Waals surface area contributed by atoms with Crippen LogP contribution in [0.5, 0.6) is 11.5 Å². The number of methoxy groups -OCH3 is 2. The molecule has 0 aliphatic carbocycles. The standard InChI is InChI=1S/C24H20N4O5S/c1-15(29)16-10-12-22(19(13-16)28(30)31)34-24-26-25-23(27(24)18-7-5-4-6-8-18)17-9-11-20(32-2)21(14-17)33-3/h4-14H,1-3H3. The van der Waals surface area contributed by atoms with Crippen molar-refractivity contribution in [1.82, 2.24) is 14.8 Å². The van der Waals surface area contributed by atoms with Gasteiger partial charge in [-0.05, 0) is 61.2 Å². The molecule has 0 aliphatic rings. The van der Waals surface area contributed by atoms with Crippen molar-refractivity contribution in [3.63, 3.8) is 0 Å². The Balaban J connectivity index is 1.85. The summed E-state index contributed by atoms with van der Waals surface area (Å²) in [7, 11) is 3.11. The van der Waals surface area contributed by atoms with Crippen molar-refractivity contribution in [3.05, 3.63) is 82.4 Å². The molecule has 0 N–H and O–H groups in total. The van der Waals surface area contributed by atoms with Crippen molar-refractivity contribution >= 4 is 23.2 Å². The summed E-state index contributed by atoms with van der Waals surface area (Å²) in [5.74, 6) is 1.39. The van der Waals surface area contributed by atoms with Crippen molar-refractivity contribution in [3.8, 4) is 28.6 Å². The topological polar surface area (TPSA) is 109 Å². The normalized spacial score (nSPS) is 10.7. The molecular weight excluding hydrogens is 456 g/mol. The third-order valence-electron chi connectivity index (χ3n) is 5.05. The van der Waals surface area contributed by atoms with Gasteiger partial charge in [0, 0.05) is 22.9 Å². The molecule has 4 rings (SSSR count). The van der Waals surface area contributed by atoms with Gasteiger partial charge in [0.25, 0.3) is 5.69 Å². The molecule has 4 aromatic rings. The molecule has 0 radical (unpaired) electrons. The van der Waals surface area contributed by atoms with Gasteiger partial charge in [0.2, 0.25) is 5.16 Å². The van der Waals surface area contributed by atoms with Crippen LogP contribution in [0.2, 0.25) is 0 Å². The highest BCUT2D eigenvalue weighted by atomic mass is 32.2. The van der Waals surface area contributed by atoms with E-state index in [0.29, 0.717) is 27.4 Å². The van der Waals surface area contributed by atoms with Crippen molar-refractivity contribution in [2.45, 2.75) is 17.0 Å². The van der Waals surface area contributed by atoms with Crippen LogP contribution in [0.3, 0.4) is 0 Å². The summed E-state index contributed by atoms with van der Waals surface area (Å²) in [4.78, 5) is 23.3. The van der Waals surface area contributed by atoms with Gasteiger partial charge in [-0.2, -0.15) is 0 Å². The SMILES string of the molecule is COc1ccc(-c2nnc(Sc3ccc(C(C)=O)cc3[N+](=O)[O-])n2-c2ccccc2)cc1OC. The predicted octanol–water partition coefficient (Wildman–Crippen LogP) is 5.21. The molecular formula is C24H20N4O5S. The molecule has 34 heavy (non-hydrogen) atoms. The van der Waals surface area contributed by atoms with E-state index in [2.05, 4.69) is 10.2 Å². The second-order valence-electron chi connectivity index (χ2n) is 7.14. The van der Waals surface area contributed by atoms with Gasteiger partial charge in [0.15, 0.2) is 23.1 Å². The number of rotatable bonds is 8. The van der Waals surface area contributed by atoms with Crippen LogP contribution in [0.25, 0.3) is 17.1 Å². The zero-order valence-electron chi connectivity index (χ0n) is 18.6. The van der Waals surface area contributed by atoms with Crippen molar-refractivity contribution in [2.24, 2.45) is 0 Å². The highest BCUT2D eigenvalue weighted by molar-refractivity contribution is 7.99. The number of Topliss-reactive ketones (excluding diaryl/α,β-unsaturated/α-hetero) is 1. The quantitative estimate of drug-likeness (QED) is 0.194. The summed E-state index contributed by atoms with van der Waals surface area (Å²) in [5.41, 5.74) is 1.60. The molecule has 1 aromatic heterocycles. The number of para-hydroxylation sites is 1. The molecule has 0 saturated heterocycles. The van der Waals surface area contributed by atoms with E-state index in [1.54, 1.807) is 38.5 Å². The van der Waals surface area contributed by atoms with E-state index in [0.717, 1.165) is 23.0 Å². The molecule has 0 unspecified atom stereocenters. The van der Waals surface area contributed by atoms with E-state index >= 15 is 0 Å². The van der Waals surface area contributed by atoms with Gasteiger partial charge in [0.05, 0.1) is 24.0 Å². The van der Waals surface area contributed by atoms with Crippen LogP contribution in [-0.4, -0.2) is 39.7 Å². The van der Waals surface area contributed by atoms with Crippen LogP contribution >= 0.6 is 11.8 Å². The molecule has 0 aliphatic heterocycles. The maximum absolute atomic E-state index is 11.7. The lowest BCUT2D eigenvalue weighted by Gasteiger charge is -2.12. The van der Waals surface area contributed by atoms with Gasteiger partial charge < -0.3 is 9.47 Å². The summed E-state index contributed by atoms with van der Waals surface area (Å²) < 4.78 is 12.6. The summed E-state index contributed by atoms with van der Waals surface area (Å²) in [6, 6.07) is 19.2.